The Morgan fingerprint density at radius 2 is 0.365 bits per heavy atom. The van der Waals surface area contributed by atoms with Crippen molar-refractivity contribution in [2.45, 2.75) is 0 Å². The van der Waals surface area contributed by atoms with Crippen LogP contribution >= 0.6 is 0 Å². The van der Waals surface area contributed by atoms with Crippen LogP contribution in [0.5, 0.6) is 0 Å². The summed E-state index contributed by atoms with van der Waals surface area (Å²) in [4.78, 5) is 10.3. The molecule has 688 valence electrons. The molecule has 0 amide bonds. The first kappa shape index (κ1) is 83.9. The van der Waals surface area contributed by atoms with E-state index < -0.39 is 0 Å². The lowest BCUT2D eigenvalue weighted by atomic mass is 10.00. The van der Waals surface area contributed by atoms with E-state index in [1.54, 1.807) is 0 Å². The van der Waals surface area contributed by atoms with Crippen LogP contribution in [0.1, 0.15) is 0 Å². The van der Waals surface area contributed by atoms with Gasteiger partial charge in [-0.15, -0.1) is 0 Å². The lowest BCUT2D eigenvalue weighted by molar-refractivity contribution is 1.16. The van der Waals surface area contributed by atoms with Crippen molar-refractivity contribution >= 4 is 207 Å². The largest absolute Gasteiger partial charge is 0.309 e. The molecule has 0 saturated heterocycles. The zero-order valence-corrected chi connectivity index (χ0v) is 80.4. The maximum atomic E-state index is 5.16. The van der Waals surface area contributed by atoms with Gasteiger partial charge >= 0.3 is 0 Å². The molecule has 7 heterocycles. The van der Waals surface area contributed by atoms with Gasteiger partial charge in [-0.3, -0.25) is 0 Å². The van der Waals surface area contributed by atoms with Gasteiger partial charge < -0.3 is 27.4 Å². The standard InChI is InChI=1S/C48H30N4.C48H30N2.C44H28N2/c1-3-14-32(15-4-1)47-48(50-41-21-11-10-20-40(41)49-47)33-23-26-35(27-24-33)51-42-22-12-9-19-37(42)38-29-39-45(30-44(38)51)52(34-16-5-2-6-17-34)43-28-25-31-13-7-8-18-36(31)46(39)43;1-2-12-35-29-36(18-17-31(35)9-1)32-19-23-37(24-20-32)49-43-16-8-7-15-41(43)42-30-38(25-28-44(42)49)50-45-26-21-33-10-3-5-13-39(33)47(45)48-40-14-6-4-11-34(40)22-27-46(48)50;1-2-10-29(11-3-1)30-18-22-33(23-19-30)45-39-17-9-8-16-37(39)38-28-34(24-27-40(38)45)46-41-25-20-31-12-4-6-14-35(31)43(41)44-36-15-7-5-13-32(36)21-26-42(44)46/h1-30H;1-30H;1-28H. The number of aromatic nitrogens is 8. The molecule has 0 spiro atoms. The lowest BCUT2D eigenvalue weighted by Crippen LogP contribution is -1.97. The average Bonchev–Trinajstić information content (AvgIpc) is 1.53. The second kappa shape index (κ2) is 34.0. The summed E-state index contributed by atoms with van der Waals surface area (Å²) >= 11 is 0. The predicted molar refractivity (Wildman–Crippen MR) is 625 cm³/mol. The van der Waals surface area contributed by atoms with Crippen molar-refractivity contribution in [2.75, 3.05) is 0 Å². The fourth-order valence-corrected chi connectivity index (χ4v) is 24.2. The lowest BCUT2D eigenvalue weighted by Gasteiger charge is -2.13. The first-order chi connectivity index (χ1) is 73.4. The molecule has 148 heavy (non-hydrogen) atoms. The molecule has 7 aromatic heterocycles. The Morgan fingerprint density at radius 3 is 0.791 bits per heavy atom. The third-order valence-corrected chi connectivity index (χ3v) is 30.8. The van der Waals surface area contributed by atoms with Gasteiger partial charge in [-0.1, -0.05) is 370 Å². The average molecular weight is 1880 g/mol. The van der Waals surface area contributed by atoms with Gasteiger partial charge in [-0.05, 0) is 251 Å². The molecule has 0 aliphatic carbocycles. The molecule has 0 saturated carbocycles. The molecule has 0 bridgehead atoms. The highest BCUT2D eigenvalue weighted by molar-refractivity contribution is 6.31. The van der Waals surface area contributed by atoms with E-state index in [1.807, 2.05) is 30.3 Å². The van der Waals surface area contributed by atoms with E-state index in [9.17, 15) is 0 Å². The highest BCUT2D eigenvalue weighted by Gasteiger charge is 2.27. The summed E-state index contributed by atoms with van der Waals surface area (Å²) in [5, 5.41) is 30.5. The minimum Gasteiger partial charge on any atom is -0.309 e. The molecular formula is C140H88N8. The van der Waals surface area contributed by atoms with Crippen LogP contribution in [0.3, 0.4) is 0 Å². The van der Waals surface area contributed by atoms with Crippen LogP contribution in [0.2, 0.25) is 0 Å². The number of rotatable bonds is 10. The summed E-state index contributed by atoms with van der Waals surface area (Å²) < 4.78 is 14.6. The van der Waals surface area contributed by atoms with Gasteiger partial charge in [0.2, 0.25) is 0 Å². The topological polar surface area (TPSA) is 55.4 Å². The van der Waals surface area contributed by atoms with Gasteiger partial charge in [-0.2, -0.15) is 0 Å². The van der Waals surface area contributed by atoms with Crippen LogP contribution in [0, 0.1) is 0 Å². The summed E-state index contributed by atoms with van der Waals surface area (Å²) in [6.45, 7) is 0. The Balaban J connectivity index is 0.000000103. The van der Waals surface area contributed by atoms with Crippen LogP contribution in [0.25, 0.3) is 285 Å². The zero-order valence-electron chi connectivity index (χ0n) is 80.4. The second-order valence-corrected chi connectivity index (χ2v) is 38.9. The summed E-state index contributed by atoms with van der Waals surface area (Å²) in [5.41, 5.74) is 31.8. The van der Waals surface area contributed by atoms with Gasteiger partial charge in [-0.25, -0.2) is 9.97 Å². The van der Waals surface area contributed by atoms with Crippen molar-refractivity contribution in [1.29, 1.82) is 0 Å². The highest BCUT2D eigenvalue weighted by atomic mass is 15.0. The van der Waals surface area contributed by atoms with Gasteiger partial charge in [0.25, 0.3) is 0 Å². The minimum atomic E-state index is 0.875. The second-order valence-electron chi connectivity index (χ2n) is 38.9. The van der Waals surface area contributed by atoms with Crippen LogP contribution < -0.4 is 0 Å². The molecule has 0 aliphatic heterocycles. The van der Waals surface area contributed by atoms with Gasteiger partial charge in [0, 0.05) is 110 Å². The van der Waals surface area contributed by atoms with Crippen molar-refractivity contribution in [2.24, 2.45) is 0 Å². The Kier molecular flexibility index (Phi) is 19.3. The van der Waals surface area contributed by atoms with E-state index in [4.69, 9.17) is 9.97 Å². The number of hydrogen-bond donors (Lipinski definition) is 0. The Labute approximate surface area is 850 Å². The van der Waals surface area contributed by atoms with E-state index in [2.05, 4.69) is 531 Å². The number of fused-ring (bicyclic) bond motifs is 30. The molecule has 8 heteroatoms. The predicted octanol–water partition coefficient (Wildman–Crippen LogP) is 37.2. The van der Waals surface area contributed by atoms with E-state index in [0.717, 1.165) is 62.0 Å². The molecule has 0 N–H and O–H groups in total. The van der Waals surface area contributed by atoms with Crippen molar-refractivity contribution in [3.63, 3.8) is 0 Å². The Hall–Kier alpha value is -19.8. The molecule has 0 fully saturated rings. The molecule has 0 radical (unpaired) electrons. The molecule has 0 unspecified atom stereocenters. The summed E-state index contributed by atoms with van der Waals surface area (Å²) in [6, 6.07) is 194. The Morgan fingerprint density at radius 1 is 0.115 bits per heavy atom. The van der Waals surface area contributed by atoms with E-state index in [0.29, 0.717) is 0 Å². The van der Waals surface area contributed by atoms with E-state index >= 15 is 0 Å². The van der Waals surface area contributed by atoms with Crippen molar-refractivity contribution in [3.05, 3.63) is 534 Å². The van der Waals surface area contributed by atoms with Gasteiger partial charge in [0.1, 0.15) is 0 Å². The minimum absolute atomic E-state index is 0.875. The van der Waals surface area contributed by atoms with Crippen LogP contribution in [0.4, 0.5) is 0 Å². The maximum absolute atomic E-state index is 5.16. The van der Waals surface area contributed by atoms with Crippen molar-refractivity contribution in [1.82, 2.24) is 37.4 Å². The quantitative estimate of drug-likeness (QED) is 0.137. The Bertz CT molecular complexity index is 10900. The molecular weight excluding hydrogens is 1790 g/mol. The van der Waals surface area contributed by atoms with Crippen molar-refractivity contribution in [3.8, 4) is 78.9 Å². The third-order valence-electron chi connectivity index (χ3n) is 30.8. The van der Waals surface area contributed by atoms with Gasteiger partial charge in [0.15, 0.2) is 0 Å². The number of nitrogens with zero attached hydrogens (tertiary/aromatic N) is 8. The molecule has 0 atom stereocenters. The first-order valence-electron chi connectivity index (χ1n) is 50.8. The van der Waals surface area contributed by atoms with Crippen LogP contribution in [-0.4, -0.2) is 37.4 Å². The molecule has 25 aromatic carbocycles. The SMILES string of the molecule is c1ccc(-c2ccc(-n3c4ccccc4c4cc(-n5c6ccc7ccccc7c6c6c7ccccc7ccc65)ccc43)cc2)cc1.c1ccc(-c2nc3ccccc3nc2-c2ccc(-n3c4ccccc4c4cc5c6c7ccccc7ccc6n(-c6ccccc6)c5cc43)cc2)cc1.c1ccc2cc(-c3ccc(-n4c5ccccc5c5cc(-n6c7ccc8ccccc8c7c7c8ccccc8ccc76)ccc54)cc3)ccc2c1. The molecule has 32 rings (SSSR count). The first-order valence-corrected chi connectivity index (χ1v) is 50.8. The van der Waals surface area contributed by atoms with Crippen LogP contribution in [0.15, 0.2) is 534 Å². The maximum Gasteiger partial charge on any atom is 0.0973 e. The highest BCUT2D eigenvalue weighted by Crippen LogP contribution is 2.49. The molecule has 32 aromatic rings. The number of benzene rings is 25. The number of hydrogen-bond acceptors (Lipinski definition) is 2. The normalized spacial score (nSPS) is 11.9. The fourth-order valence-electron chi connectivity index (χ4n) is 24.2. The van der Waals surface area contributed by atoms with Crippen molar-refractivity contribution < 1.29 is 0 Å². The van der Waals surface area contributed by atoms with Crippen LogP contribution in [-0.2, 0) is 0 Å². The number of para-hydroxylation sites is 6. The monoisotopic (exact) mass is 1880 g/mol. The zero-order chi connectivity index (χ0) is 97.1. The molecule has 8 nitrogen and oxygen atoms in total. The van der Waals surface area contributed by atoms with E-state index in [1.165, 1.54) is 223 Å². The van der Waals surface area contributed by atoms with Gasteiger partial charge in [0.05, 0.1) is 88.6 Å². The third kappa shape index (κ3) is 13.4. The fraction of sp³-hybridized carbons (Fsp3) is 0. The molecule has 0 aliphatic rings. The smallest absolute Gasteiger partial charge is 0.0973 e. The summed E-state index contributed by atoms with van der Waals surface area (Å²) in [6.07, 6.45) is 0. The summed E-state index contributed by atoms with van der Waals surface area (Å²) in [7, 11) is 0. The summed E-state index contributed by atoms with van der Waals surface area (Å²) in [5.74, 6) is 0. The van der Waals surface area contributed by atoms with E-state index in [-0.39, 0.29) is 0 Å².